The lowest BCUT2D eigenvalue weighted by Crippen LogP contribution is -2.44. The Morgan fingerprint density at radius 1 is 1.23 bits per heavy atom. The number of amides is 1. The standard InChI is InChI=1S/C25H26FN7O2/c1-15-13-19(23(33-11-9-27-10-12-33)16-14-32(2)31-22(15)16)30-25(34)18-7-8-28-24(29-18)21-17(26)5-4-6-20(21)35-3/h4-8,13-14,27H,9-12H2,1-3H3,(H,30,34). The number of aryl methyl sites for hydroxylation is 2. The van der Waals surface area contributed by atoms with Gasteiger partial charge in [-0.3, -0.25) is 9.48 Å². The number of carbonyl (C=O) groups excluding carboxylic acids is 1. The summed E-state index contributed by atoms with van der Waals surface area (Å²) in [5.74, 6) is -0.571. The second kappa shape index (κ2) is 9.30. The molecule has 1 fully saturated rings. The van der Waals surface area contributed by atoms with E-state index in [1.54, 1.807) is 16.8 Å². The zero-order chi connectivity index (χ0) is 24.5. The number of methoxy groups -OCH3 is 1. The number of ether oxygens (including phenoxy) is 1. The molecule has 1 saturated heterocycles. The van der Waals surface area contributed by atoms with Crippen molar-refractivity contribution in [3.63, 3.8) is 0 Å². The summed E-state index contributed by atoms with van der Waals surface area (Å²) in [7, 11) is 3.34. The molecule has 0 saturated carbocycles. The lowest BCUT2D eigenvalue weighted by atomic mass is 10.1. The minimum Gasteiger partial charge on any atom is -0.496 e. The molecule has 1 amide bonds. The highest BCUT2D eigenvalue weighted by atomic mass is 19.1. The topological polar surface area (TPSA) is 97.2 Å². The van der Waals surface area contributed by atoms with Crippen LogP contribution in [0.15, 0.2) is 42.7 Å². The van der Waals surface area contributed by atoms with E-state index in [0.29, 0.717) is 11.4 Å². The van der Waals surface area contributed by atoms with Gasteiger partial charge in [0.15, 0.2) is 5.82 Å². The van der Waals surface area contributed by atoms with Crippen LogP contribution >= 0.6 is 0 Å². The molecule has 0 aliphatic carbocycles. The van der Waals surface area contributed by atoms with Crippen LogP contribution in [0.1, 0.15) is 16.1 Å². The lowest BCUT2D eigenvalue weighted by Gasteiger charge is -2.31. The van der Waals surface area contributed by atoms with Crippen LogP contribution in [0.4, 0.5) is 15.8 Å². The van der Waals surface area contributed by atoms with Gasteiger partial charge in [-0.05, 0) is 36.8 Å². The van der Waals surface area contributed by atoms with Crippen molar-refractivity contribution in [3.8, 4) is 17.1 Å². The van der Waals surface area contributed by atoms with Crippen molar-refractivity contribution in [1.82, 2.24) is 25.1 Å². The molecular formula is C25H26FN7O2. The van der Waals surface area contributed by atoms with E-state index in [4.69, 9.17) is 4.74 Å². The van der Waals surface area contributed by atoms with E-state index in [1.807, 2.05) is 26.2 Å². The Morgan fingerprint density at radius 2 is 2.03 bits per heavy atom. The molecule has 10 heteroatoms. The predicted octanol–water partition coefficient (Wildman–Crippen LogP) is 3.15. The lowest BCUT2D eigenvalue weighted by molar-refractivity contribution is 0.102. The zero-order valence-electron chi connectivity index (χ0n) is 19.8. The fraction of sp³-hybridized carbons (Fsp3) is 0.280. The van der Waals surface area contributed by atoms with Gasteiger partial charge in [0, 0.05) is 51.0 Å². The average molecular weight is 476 g/mol. The quantitative estimate of drug-likeness (QED) is 0.458. The van der Waals surface area contributed by atoms with Crippen molar-refractivity contribution in [3.05, 3.63) is 59.8 Å². The summed E-state index contributed by atoms with van der Waals surface area (Å²) in [6.45, 7) is 5.28. The number of aromatic nitrogens is 4. The number of nitrogens with zero attached hydrogens (tertiary/aromatic N) is 5. The molecule has 9 nitrogen and oxygen atoms in total. The van der Waals surface area contributed by atoms with E-state index in [-0.39, 0.29) is 17.1 Å². The second-order valence-electron chi connectivity index (χ2n) is 8.43. The van der Waals surface area contributed by atoms with Crippen LogP contribution < -0.4 is 20.3 Å². The summed E-state index contributed by atoms with van der Waals surface area (Å²) in [6, 6.07) is 7.92. The third-order valence-corrected chi connectivity index (χ3v) is 6.06. The number of halogens is 1. The van der Waals surface area contributed by atoms with Gasteiger partial charge in [-0.1, -0.05) is 6.07 Å². The van der Waals surface area contributed by atoms with Gasteiger partial charge >= 0.3 is 0 Å². The van der Waals surface area contributed by atoms with E-state index in [0.717, 1.165) is 48.3 Å². The number of carbonyl (C=O) groups is 1. The van der Waals surface area contributed by atoms with E-state index in [9.17, 15) is 9.18 Å². The Hall–Kier alpha value is -4.05. The molecular weight excluding hydrogens is 449 g/mol. The van der Waals surface area contributed by atoms with Gasteiger partial charge < -0.3 is 20.3 Å². The van der Waals surface area contributed by atoms with E-state index in [2.05, 4.69) is 30.6 Å². The summed E-state index contributed by atoms with van der Waals surface area (Å²) in [5, 5.41) is 12.0. The predicted molar refractivity (Wildman–Crippen MR) is 132 cm³/mol. The third-order valence-electron chi connectivity index (χ3n) is 6.06. The Kier molecular flexibility index (Phi) is 6.04. The summed E-state index contributed by atoms with van der Waals surface area (Å²) in [6.07, 6.45) is 3.42. The van der Waals surface area contributed by atoms with Crippen molar-refractivity contribution in [1.29, 1.82) is 0 Å². The molecule has 3 heterocycles. The molecule has 0 unspecified atom stereocenters. The van der Waals surface area contributed by atoms with Crippen LogP contribution in [0.5, 0.6) is 5.75 Å². The number of anilines is 2. The van der Waals surface area contributed by atoms with Crippen LogP contribution in [0.25, 0.3) is 22.3 Å². The van der Waals surface area contributed by atoms with E-state index < -0.39 is 11.7 Å². The molecule has 0 radical (unpaired) electrons. The fourth-order valence-electron chi connectivity index (χ4n) is 4.46. The van der Waals surface area contributed by atoms with E-state index in [1.165, 1.54) is 25.4 Å². The Bertz CT molecular complexity index is 1410. The number of benzene rings is 2. The van der Waals surface area contributed by atoms with Crippen LogP contribution in [0.3, 0.4) is 0 Å². The first-order valence-electron chi connectivity index (χ1n) is 11.4. The minimum atomic E-state index is -0.527. The molecule has 1 aliphatic heterocycles. The number of piperazine rings is 1. The first-order valence-corrected chi connectivity index (χ1v) is 11.4. The maximum atomic E-state index is 14.6. The van der Waals surface area contributed by atoms with Gasteiger partial charge in [0.2, 0.25) is 0 Å². The van der Waals surface area contributed by atoms with Crippen molar-refractivity contribution in [2.24, 2.45) is 7.05 Å². The molecule has 2 aromatic heterocycles. The number of hydrogen-bond donors (Lipinski definition) is 2. The number of hydrogen-bond acceptors (Lipinski definition) is 7. The molecule has 2 N–H and O–H groups in total. The van der Waals surface area contributed by atoms with Crippen molar-refractivity contribution in [2.75, 3.05) is 43.5 Å². The van der Waals surface area contributed by atoms with Gasteiger partial charge in [0.25, 0.3) is 5.91 Å². The van der Waals surface area contributed by atoms with Crippen LogP contribution in [-0.2, 0) is 7.05 Å². The molecule has 0 atom stereocenters. The van der Waals surface area contributed by atoms with Crippen LogP contribution in [0, 0.1) is 12.7 Å². The van der Waals surface area contributed by atoms with Crippen molar-refractivity contribution in [2.45, 2.75) is 6.92 Å². The van der Waals surface area contributed by atoms with Crippen LogP contribution in [0.2, 0.25) is 0 Å². The van der Waals surface area contributed by atoms with Gasteiger partial charge in [-0.15, -0.1) is 0 Å². The Balaban J connectivity index is 1.54. The van der Waals surface area contributed by atoms with Gasteiger partial charge in [0.1, 0.15) is 17.3 Å². The average Bonchev–Trinajstić information content (AvgIpc) is 3.26. The zero-order valence-corrected chi connectivity index (χ0v) is 19.8. The molecule has 1 aliphatic rings. The second-order valence-corrected chi connectivity index (χ2v) is 8.43. The smallest absolute Gasteiger partial charge is 0.274 e. The maximum absolute atomic E-state index is 14.6. The summed E-state index contributed by atoms with van der Waals surface area (Å²) in [5.41, 5.74) is 3.69. The van der Waals surface area contributed by atoms with Crippen LogP contribution in [-0.4, -0.2) is 58.9 Å². The highest BCUT2D eigenvalue weighted by Gasteiger charge is 2.23. The van der Waals surface area contributed by atoms with Crippen molar-refractivity contribution < 1.29 is 13.9 Å². The molecule has 2 aromatic carbocycles. The molecule has 5 rings (SSSR count). The normalized spacial score (nSPS) is 13.8. The number of fused-ring (bicyclic) bond motifs is 1. The fourth-order valence-corrected chi connectivity index (χ4v) is 4.46. The summed E-state index contributed by atoms with van der Waals surface area (Å²) < 4.78 is 21.6. The highest BCUT2D eigenvalue weighted by molar-refractivity contribution is 6.09. The van der Waals surface area contributed by atoms with Gasteiger partial charge in [-0.25, -0.2) is 14.4 Å². The maximum Gasteiger partial charge on any atom is 0.274 e. The van der Waals surface area contributed by atoms with E-state index >= 15 is 0 Å². The molecule has 35 heavy (non-hydrogen) atoms. The third kappa shape index (κ3) is 4.28. The first-order chi connectivity index (χ1) is 17.0. The molecule has 0 bridgehead atoms. The Morgan fingerprint density at radius 3 is 2.80 bits per heavy atom. The number of rotatable bonds is 5. The largest absolute Gasteiger partial charge is 0.496 e. The monoisotopic (exact) mass is 475 g/mol. The molecule has 4 aromatic rings. The van der Waals surface area contributed by atoms with Gasteiger partial charge in [0.05, 0.1) is 29.6 Å². The summed E-state index contributed by atoms with van der Waals surface area (Å²) >= 11 is 0. The first kappa shape index (κ1) is 22.7. The minimum absolute atomic E-state index is 0.0776. The highest BCUT2D eigenvalue weighted by Crippen LogP contribution is 2.37. The molecule has 0 spiro atoms. The SMILES string of the molecule is COc1cccc(F)c1-c1nccc(C(=O)Nc2cc(C)c3nn(C)cc3c2N2CCNCC2)n1. The number of nitrogens with one attached hydrogen (secondary N) is 2. The summed E-state index contributed by atoms with van der Waals surface area (Å²) in [4.78, 5) is 24.1. The van der Waals surface area contributed by atoms with Gasteiger partial charge in [-0.2, -0.15) is 5.10 Å². The van der Waals surface area contributed by atoms with Crippen molar-refractivity contribution >= 4 is 28.2 Å². The Labute approximate surface area is 201 Å². The molecule has 180 valence electrons.